The molecule has 0 aliphatic heterocycles. The van der Waals surface area contributed by atoms with E-state index in [-0.39, 0.29) is 0 Å². The molecule has 0 spiro atoms. The summed E-state index contributed by atoms with van der Waals surface area (Å²) in [5.74, 6) is 2.36. The molecule has 1 heterocycles. The van der Waals surface area contributed by atoms with Gasteiger partial charge in [0.2, 0.25) is 0 Å². The second kappa shape index (κ2) is 6.97. The largest absolute Gasteiger partial charge is 0.331 e. The molecule has 0 fully saturated rings. The number of hydrogen-bond acceptors (Lipinski definition) is 3. The van der Waals surface area contributed by atoms with Gasteiger partial charge in [-0.15, -0.1) is 0 Å². The molecule has 1 aromatic rings. The minimum atomic E-state index is 0.486. The third-order valence-corrected chi connectivity index (χ3v) is 3.65. The summed E-state index contributed by atoms with van der Waals surface area (Å²) in [6.45, 7) is 9.71. The summed E-state index contributed by atoms with van der Waals surface area (Å²) in [5, 5.41) is 3.53. The van der Waals surface area contributed by atoms with Gasteiger partial charge in [-0.05, 0) is 26.5 Å². The monoisotopic (exact) mass is 241 g/mol. The number of imidazole rings is 1. The Morgan fingerprint density at radius 1 is 1.44 bits per heavy atom. The molecule has 1 aromatic heterocycles. The van der Waals surface area contributed by atoms with Crippen LogP contribution in [0.2, 0.25) is 0 Å². The third-order valence-electron chi connectivity index (χ3n) is 2.51. The Labute approximate surface area is 103 Å². The van der Waals surface area contributed by atoms with Gasteiger partial charge < -0.3 is 9.88 Å². The second-order valence-electron chi connectivity index (χ2n) is 4.33. The maximum absolute atomic E-state index is 4.20. The SMILES string of the molecule is CCSCC(C)NCc1cncn1C(C)C. The first-order valence-electron chi connectivity index (χ1n) is 5.97. The van der Waals surface area contributed by atoms with Crippen LogP contribution in [0.1, 0.15) is 39.4 Å². The van der Waals surface area contributed by atoms with Crippen molar-refractivity contribution in [1.29, 1.82) is 0 Å². The zero-order chi connectivity index (χ0) is 12.0. The summed E-state index contributed by atoms with van der Waals surface area (Å²) in [7, 11) is 0. The van der Waals surface area contributed by atoms with Crippen LogP contribution in [-0.4, -0.2) is 27.1 Å². The minimum Gasteiger partial charge on any atom is -0.331 e. The fourth-order valence-electron chi connectivity index (χ4n) is 1.57. The van der Waals surface area contributed by atoms with Gasteiger partial charge in [0.25, 0.3) is 0 Å². The van der Waals surface area contributed by atoms with Gasteiger partial charge in [-0.25, -0.2) is 4.98 Å². The van der Waals surface area contributed by atoms with Crippen LogP contribution in [0.4, 0.5) is 0 Å². The molecule has 0 aliphatic rings. The van der Waals surface area contributed by atoms with Gasteiger partial charge in [-0.1, -0.05) is 6.92 Å². The maximum Gasteiger partial charge on any atom is 0.0951 e. The lowest BCUT2D eigenvalue weighted by Crippen LogP contribution is -2.28. The van der Waals surface area contributed by atoms with E-state index in [1.54, 1.807) is 0 Å². The quantitative estimate of drug-likeness (QED) is 0.796. The van der Waals surface area contributed by atoms with E-state index in [2.05, 4.69) is 42.6 Å². The summed E-state index contributed by atoms with van der Waals surface area (Å²) in [6.07, 6.45) is 3.86. The zero-order valence-electron chi connectivity index (χ0n) is 10.7. The smallest absolute Gasteiger partial charge is 0.0951 e. The average molecular weight is 241 g/mol. The van der Waals surface area contributed by atoms with E-state index in [9.17, 15) is 0 Å². The number of thioether (sulfide) groups is 1. The third kappa shape index (κ3) is 4.18. The first kappa shape index (κ1) is 13.6. The molecule has 0 aromatic carbocycles. The van der Waals surface area contributed by atoms with E-state index in [0.717, 1.165) is 6.54 Å². The molecule has 0 aliphatic carbocycles. The maximum atomic E-state index is 4.20. The molecule has 1 unspecified atom stereocenters. The highest BCUT2D eigenvalue weighted by atomic mass is 32.2. The average Bonchev–Trinajstić information content (AvgIpc) is 2.71. The van der Waals surface area contributed by atoms with E-state index < -0.39 is 0 Å². The Balaban J connectivity index is 2.39. The lowest BCUT2D eigenvalue weighted by atomic mass is 10.3. The summed E-state index contributed by atoms with van der Waals surface area (Å²) >= 11 is 1.98. The molecule has 0 saturated heterocycles. The van der Waals surface area contributed by atoms with Crippen LogP contribution in [0.15, 0.2) is 12.5 Å². The molecule has 92 valence electrons. The highest BCUT2D eigenvalue weighted by molar-refractivity contribution is 7.99. The summed E-state index contributed by atoms with van der Waals surface area (Å²) in [6, 6.07) is 1.04. The lowest BCUT2D eigenvalue weighted by molar-refractivity contribution is 0.528. The summed E-state index contributed by atoms with van der Waals surface area (Å²) < 4.78 is 2.21. The molecule has 3 nitrogen and oxygen atoms in total. The minimum absolute atomic E-state index is 0.486. The van der Waals surface area contributed by atoms with Crippen molar-refractivity contribution in [1.82, 2.24) is 14.9 Å². The van der Waals surface area contributed by atoms with Gasteiger partial charge in [0.15, 0.2) is 0 Å². The van der Waals surface area contributed by atoms with E-state index in [4.69, 9.17) is 0 Å². The van der Waals surface area contributed by atoms with Crippen molar-refractivity contribution in [3.05, 3.63) is 18.2 Å². The predicted molar refractivity (Wildman–Crippen MR) is 71.9 cm³/mol. The standard InChI is InChI=1S/C12H23N3S/c1-5-16-8-11(4)14-7-12-6-13-9-15(12)10(2)3/h6,9-11,14H,5,7-8H2,1-4H3. The second-order valence-corrected chi connectivity index (χ2v) is 5.65. The van der Waals surface area contributed by atoms with Gasteiger partial charge in [0, 0.05) is 30.6 Å². The molecular formula is C12H23N3S. The van der Waals surface area contributed by atoms with Crippen LogP contribution < -0.4 is 5.32 Å². The first-order valence-corrected chi connectivity index (χ1v) is 7.12. The Hall–Kier alpha value is -0.480. The highest BCUT2D eigenvalue weighted by Crippen LogP contribution is 2.09. The molecule has 0 bridgehead atoms. The molecular weight excluding hydrogens is 218 g/mol. The lowest BCUT2D eigenvalue weighted by Gasteiger charge is -2.15. The zero-order valence-corrected chi connectivity index (χ0v) is 11.5. The van der Waals surface area contributed by atoms with Crippen LogP contribution in [0.5, 0.6) is 0 Å². The summed E-state index contributed by atoms with van der Waals surface area (Å²) in [5.41, 5.74) is 1.27. The number of aromatic nitrogens is 2. The van der Waals surface area contributed by atoms with E-state index in [0.29, 0.717) is 12.1 Å². The van der Waals surface area contributed by atoms with Crippen molar-refractivity contribution in [2.24, 2.45) is 0 Å². The van der Waals surface area contributed by atoms with Crippen LogP contribution in [-0.2, 0) is 6.54 Å². The highest BCUT2D eigenvalue weighted by Gasteiger charge is 2.06. The van der Waals surface area contributed by atoms with Crippen LogP contribution >= 0.6 is 11.8 Å². The van der Waals surface area contributed by atoms with Crippen molar-refractivity contribution in [2.45, 2.75) is 46.3 Å². The van der Waals surface area contributed by atoms with Crippen LogP contribution in [0.25, 0.3) is 0 Å². The van der Waals surface area contributed by atoms with Crippen molar-refractivity contribution < 1.29 is 0 Å². The van der Waals surface area contributed by atoms with Crippen molar-refractivity contribution in [3.8, 4) is 0 Å². The molecule has 1 atom stereocenters. The Morgan fingerprint density at radius 2 is 2.19 bits per heavy atom. The number of rotatable bonds is 7. The predicted octanol–water partition coefficient (Wildman–Crippen LogP) is 2.70. The Morgan fingerprint density at radius 3 is 2.81 bits per heavy atom. The van der Waals surface area contributed by atoms with Crippen LogP contribution in [0.3, 0.4) is 0 Å². The number of nitrogens with one attached hydrogen (secondary N) is 1. The number of hydrogen-bond donors (Lipinski definition) is 1. The molecule has 0 radical (unpaired) electrons. The molecule has 0 amide bonds. The first-order chi connectivity index (χ1) is 7.65. The molecule has 1 N–H and O–H groups in total. The Bertz CT molecular complexity index is 296. The normalized spacial score (nSPS) is 13.3. The van der Waals surface area contributed by atoms with Crippen LogP contribution in [0, 0.1) is 0 Å². The number of nitrogens with zero attached hydrogens (tertiary/aromatic N) is 2. The molecule has 1 rings (SSSR count). The van der Waals surface area contributed by atoms with Gasteiger partial charge >= 0.3 is 0 Å². The van der Waals surface area contributed by atoms with E-state index in [1.165, 1.54) is 17.2 Å². The van der Waals surface area contributed by atoms with Gasteiger partial charge in [0.05, 0.1) is 12.0 Å². The van der Waals surface area contributed by atoms with Crippen molar-refractivity contribution in [3.63, 3.8) is 0 Å². The van der Waals surface area contributed by atoms with E-state index >= 15 is 0 Å². The van der Waals surface area contributed by atoms with Gasteiger partial charge in [0.1, 0.15) is 0 Å². The topological polar surface area (TPSA) is 29.9 Å². The van der Waals surface area contributed by atoms with Gasteiger partial charge in [-0.2, -0.15) is 11.8 Å². The Kier molecular flexibility index (Phi) is 5.91. The van der Waals surface area contributed by atoms with Crippen molar-refractivity contribution >= 4 is 11.8 Å². The fourth-order valence-corrected chi connectivity index (χ4v) is 2.27. The van der Waals surface area contributed by atoms with E-state index in [1.807, 2.05) is 24.3 Å². The van der Waals surface area contributed by atoms with Gasteiger partial charge in [-0.3, -0.25) is 0 Å². The molecule has 0 saturated carbocycles. The summed E-state index contributed by atoms with van der Waals surface area (Å²) in [4.78, 5) is 4.20. The fraction of sp³-hybridized carbons (Fsp3) is 0.750. The molecule has 4 heteroatoms. The molecule has 16 heavy (non-hydrogen) atoms. The van der Waals surface area contributed by atoms with Crippen molar-refractivity contribution in [2.75, 3.05) is 11.5 Å².